The fourth-order valence-corrected chi connectivity index (χ4v) is 6.37. The fourth-order valence-electron chi connectivity index (χ4n) is 6.37. The van der Waals surface area contributed by atoms with Crippen LogP contribution >= 0.6 is 0 Å². The van der Waals surface area contributed by atoms with E-state index >= 15 is 0 Å². The van der Waals surface area contributed by atoms with Crippen LogP contribution in [0.3, 0.4) is 0 Å². The summed E-state index contributed by atoms with van der Waals surface area (Å²) in [6.45, 7) is 4.18. The zero-order valence-electron chi connectivity index (χ0n) is 16.3. The topological polar surface area (TPSA) is 96.2 Å². The Kier molecular flexibility index (Phi) is 4.90. The Bertz CT molecular complexity index is 632. The van der Waals surface area contributed by atoms with Crippen molar-refractivity contribution in [3.05, 3.63) is 11.6 Å². The number of esters is 1. The first-order chi connectivity index (χ1) is 12.9. The van der Waals surface area contributed by atoms with E-state index in [9.17, 15) is 20.1 Å². The molecule has 2 saturated carbocycles. The van der Waals surface area contributed by atoms with E-state index in [1.807, 2.05) is 6.08 Å². The zero-order chi connectivity index (χ0) is 19.4. The van der Waals surface area contributed by atoms with Crippen LogP contribution in [0.2, 0.25) is 0 Å². The average Bonchev–Trinajstić information content (AvgIpc) is 3.02. The molecule has 6 heteroatoms. The Morgan fingerprint density at radius 3 is 2.81 bits per heavy atom. The van der Waals surface area contributed by atoms with Crippen molar-refractivity contribution < 1.29 is 29.6 Å². The molecule has 1 saturated heterocycles. The largest absolute Gasteiger partial charge is 0.459 e. The number of carbonyl (C=O) groups is 1. The van der Waals surface area contributed by atoms with Crippen LogP contribution in [0.4, 0.5) is 0 Å². The lowest BCUT2D eigenvalue weighted by Crippen LogP contribution is -2.60. The summed E-state index contributed by atoms with van der Waals surface area (Å²) in [5.74, 6) is -0.163. The third-order valence-electron chi connectivity index (χ3n) is 8.00. The molecular weight excluding hydrogens is 348 g/mol. The smallest absolute Gasteiger partial charge is 0.305 e. The summed E-state index contributed by atoms with van der Waals surface area (Å²) in [6, 6.07) is 0. The normalized spacial score (nSPS) is 48.9. The van der Waals surface area contributed by atoms with Crippen molar-refractivity contribution in [1.29, 1.82) is 0 Å². The van der Waals surface area contributed by atoms with Crippen molar-refractivity contribution in [2.24, 2.45) is 22.7 Å². The summed E-state index contributed by atoms with van der Waals surface area (Å²) in [5.41, 5.74) is 0.480. The first kappa shape index (κ1) is 19.4. The number of hydrogen-bond donors (Lipinski definition) is 3. The molecule has 0 aromatic rings. The summed E-state index contributed by atoms with van der Waals surface area (Å²) >= 11 is 0. The number of aliphatic hydroxyl groups excluding tert-OH is 3. The van der Waals surface area contributed by atoms with Gasteiger partial charge in [-0.25, -0.2) is 0 Å². The first-order valence-corrected chi connectivity index (χ1v) is 10.3. The Morgan fingerprint density at radius 2 is 2.11 bits per heavy atom. The lowest BCUT2D eigenvalue weighted by atomic mass is 9.48. The van der Waals surface area contributed by atoms with Gasteiger partial charge in [0.2, 0.25) is 0 Å². The highest BCUT2D eigenvalue weighted by Crippen LogP contribution is 2.62. The molecule has 0 amide bonds. The standard InChI is InChI=1S/C21H32O6/c1-3-17(25)27-16-10-26-19-18-14(5-7-21(16,19)11-22)20(2)6-4-13(23)8-12(20)9-15(18)24/h9,13-16,18-19,22-24H,3-8,10-11H2,1-2H3/t13-,14-,15-,16-,18-,19-,20-,21-/m0/s1. The molecule has 27 heavy (non-hydrogen) atoms. The molecule has 152 valence electrons. The highest BCUT2D eigenvalue weighted by Gasteiger charge is 2.64. The third-order valence-corrected chi connectivity index (χ3v) is 8.00. The lowest BCUT2D eigenvalue weighted by Gasteiger charge is -2.58. The maximum Gasteiger partial charge on any atom is 0.305 e. The molecule has 3 N–H and O–H groups in total. The van der Waals surface area contributed by atoms with Crippen molar-refractivity contribution in [1.82, 2.24) is 0 Å². The van der Waals surface area contributed by atoms with Gasteiger partial charge < -0.3 is 24.8 Å². The van der Waals surface area contributed by atoms with Crippen molar-refractivity contribution in [3.63, 3.8) is 0 Å². The monoisotopic (exact) mass is 380 g/mol. The number of fused-ring (bicyclic) bond motifs is 5. The van der Waals surface area contributed by atoms with Crippen molar-refractivity contribution in [2.45, 2.75) is 76.8 Å². The maximum atomic E-state index is 11.9. The van der Waals surface area contributed by atoms with E-state index in [0.29, 0.717) is 12.8 Å². The number of ether oxygens (including phenoxy) is 2. The van der Waals surface area contributed by atoms with E-state index in [1.54, 1.807) is 6.92 Å². The van der Waals surface area contributed by atoms with Gasteiger partial charge in [-0.2, -0.15) is 0 Å². The summed E-state index contributed by atoms with van der Waals surface area (Å²) < 4.78 is 11.8. The predicted molar refractivity (Wildman–Crippen MR) is 97.7 cm³/mol. The average molecular weight is 380 g/mol. The van der Waals surface area contributed by atoms with Crippen LogP contribution in [0.1, 0.15) is 52.4 Å². The third kappa shape index (κ3) is 2.79. The molecule has 4 aliphatic rings. The SMILES string of the molecule is CCC(=O)O[C@H]1CO[C@H]2[C@@H]3[C@@H](O)C=C4C[C@@H](O)CC[C@]4(C)[C@H]3CC[C@]12CO. The van der Waals surface area contributed by atoms with Gasteiger partial charge in [-0.15, -0.1) is 0 Å². The minimum Gasteiger partial charge on any atom is -0.459 e. The highest BCUT2D eigenvalue weighted by atomic mass is 16.6. The van der Waals surface area contributed by atoms with Crippen LogP contribution in [0.5, 0.6) is 0 Å². The van der Waals surface area contributed by atoms with Gasteiger partial charge in [-0.1, -0.05) is 25.5 Å². The fraction of sp³-hybridized carbons (Fsp3) is 0.857. The molecule has 8 atom stereocenters. The molecule has 3 aliphatic carbocycles. The Morgan fingerprint density at radius 1 is 1.33 bits per heavy atom. The van der Waals surface area contributed by atoms with Crippen molar-refractivity contribution >= 4 is 5.97 Å². The summed E-state index contributed by atoms with van der Waals surface area (Å²) in [7, 11) is 0. The number of hydrogen-bond acceptors (Lipinski definition) is 6. The molecule has 0 radical (unpaired) electrons. The lowest BCUT2D eigenvalue weighted by molar-refractivity contribution is -0.167. The highest BCUT2D eigenvalue weighted by molar-refractivity contribution is 5.69. The minimum absolute atomic E-state index is 0.0493. The van der Waals surface area contributed by atoms with E-state index in [-0.39, 0.29) is 48.6 Å². The van der Waals surface area contributed by atoms with Crippen LogP contribution in [0.25, 0.3) is 0 Å². The molecule has 1 aliphatic heterocycles. The Balaban J connectivity index is 1.66. The predicted octanol–water partition coefficient (Wildman–Crippen LogP) is 1.56. The summed E-state index contributed by atoms with van der Waals surface area (Å²) in [6.07, 6.45) is 4.32. The maximum absolute atomic E-state index is 11.9. The zero-order valence-corrected chi connectivity index (χ0v) is 16.3. The van der Waals surface area contributed by atoms with Crippen molar-refractivity contribution in [3.8, 4) is 0 Å². The second kappa shape index (κ2) is 6.83. The molecule has 0 bridgehead atoms. The summed E-state index contributed by atoms with van der Waals surface area (Å²) in [5, 5.41) is 31.4. The number of rotatable bonds is 3. The van der Waals surface area contributed by atoms with Gasteiger partial charge >= 0.3 is 5.97 Å². The van der Waals surface area contributed by atoms with E-state index < -0.39 is 17.6 Å². The molecule has 0 spiro atoms. The van der Waals surface area contributed by atoms with Gasteiger partial charge in [0, 0.05) is 12.3 Å². The Hall–Kier alpha value is -0.950. The molecule has 0 aromatic heterocycles. The second-order valence-corrected chi connectivity index (χ2v) is 9.20. The van der Waals surface area contributed by atoms with E-state index in [1.165, 1.54) is 5.57 Å². The number of carbonyl (C=O) groups excluding carboxylic acids is 1. The van der Waals surface area contributed by atoms with Crippen molar-refractivity contribution in [2.75, 3.05) is 13.2 Å². The molecule has 4 rings (SSSR count). The molecular formula is C21H32O6. The molecule has 0 unspecified atom stereocenters. The van der Waals surface area contributed by atoms with Gasteiger partial charge in [-0.05, 0) is 43.4 Å². The quantitative estimate of drug-likeness (QED) is 0.508. The van der Waals surface area contributed by atoms with Crippen LogP contribution in [-0.4, -0.2) is 58.9 Å². The Labute approximate surface area is 160 Å². The van der Waals surface area contributed by atoms with Crippen LogP contribution < -0.4 is 0 Å². The number of aliphatic hydroxyl groups is 3. The van der Waals surface area contributed by atoms with Gasteiger partial charge in [0.15, 0.2) is 0 Å². The van der Waals surface area contributed by atoms with Crippen LogP contribution in [0.15, 0.2) is 11.6 Å². The molecule has 6 nitrogen and oxygen atoms in total. The van der Waals surface area contributed by atoms with Gasteiger partial charge in [0.05, 0.1) is 36.9 Å². The van der Waals surface area contributed by atoms with Crippen LogP contribution in [-0.2, 0) is 14.3 Å². The van der Waals surface area contributed by atoms with E-state index in [2.05, 4.69) is 6.92 Å². The van der Waals surface area contributed by atoms with Gasteiger partial charge in [0.1, 0.15) is 6.10 Å². The minimum atomic E-state index is -0.666. The molecule has 0 aromatic carbocycles. The van der Waals surface area contributed by atoms with Crippen LogP contribution in [0, 0.1) is 22.7 Å². The van der Waals surface area contributed by atoms with Gasteiger partial charge in [-0.3, -0.25) is 4.79 Å². The first-order valence-electron chi connectivity index (χ1n) is 10.3. The van der Waals surface area contributed by atoms with E-state index in [4.69, 9.17) is 9.47 Å². The summed E-state index contributed by atoms with van der Waals surface area (Å²) in [4.78, 5) is 11.9. The van der Waals surface area contributed by atoms with E-state index in [0.717, 1.165) is 25.7 Å². The van der Waals surface area contributed by atoms with Gasteiger partial charge in [0.25, 0.3) is 0 Å². The molecule has 3 fully saturated rings. The second-order valence-electron chi connectivity index (χ2n) is 9.20. The molecule has 1 heterocycles.